The summed E-state index contributed by atoms with van der Waals surface area (Å²) in [4.78, 5) is 19.3. The molecule has 0 saturated carbocycles. The standard InChI is InChI=1S/C28H23FN8O/c1-38-18-6-15(5-16(29)7-18)19-3-2-4-22-20(19)8-24(33-22)28-21-9-23(32-11-25(21)35-36-28)26-10-31-12-27(34-26)37-13-17(30)14-37/h2-12,17,33H,13-14,30H2,1H3,(H,35,36). The number of nitrogens with zero attached hydrogens (tertiary/aromatic N) is 5. The molecule has 4 N–H and O–H groups in total. The highest BCUT2D eigenvalue weighted by Crippen LogP contribution is 2.36. The maximum atomic E-state index is 14.3. The second-order valence-electron chi connectivity index (χ2n) is 9.44. The van der Waals surface area contributed by atoms with Crippen molar-refractivity contribution in [1.29, 1.82) is 0 Å². The summed E-state index contributed by atoms with van der Waals surface area (Å²) in [6.07, 6.45) is 5.20. The van der Waals surface area contributed by atoms with Crippen molar-refractivity contribution in [2.24, 2.45) is 5.73 Å². The Morgan fingerprint density at radius 3 is 2.74 bits per heavy atom. The highest BCUT2D eigenvalue weighted by molar-refractivity contribution is 6.01. The molecule has 0 unspecified atom stereocenters. The molecular formula is C28H23FN8O. The summed E-state index contributed by atoms with van der Waals surface area (Å²) >= 11 is 0. The van der Waals surface area contributed by atoms with Crippen molar-refractivity contribution >= 4 is 27.6 Å². The Kier molecular flexibility index (Phi) is 5.08. The molecule has 0 bridgehead atoms. The molecule has 7 rings (SSSR count). The van der Waals surface area contributed by atoms with E-state index in [9.17, 15) is 4.39 Å². The molecule has 5 heterocycles. The number of rotatable bonds is 5. The summed E-state index contributed by atoms with van der Waals surface area (Å²) in [5, 5.41) is 9.50. The Hall–Kier alpha value is -4.83. The SMILES string of the molecule is COc1cc(F)cc(-c2cccc3[nH]c(-c4n[nH]c5cnc(-c6cncc(N7CC(N)C7)n6)cc45)cc23)c1. The highest BCUT2D eigenvalue weighted by Gasteiger charge is 2.25. The molecule has 9 nitrogen and oxygen atoms in total. The fourth-order valence-electron chi connectivity index (χ4n) is 4.96. The molecule has 38 heavy (non-hydrogen) atoms. The third-order valence-electron chi connectivity index (χ3n) is 6.90. The summed E-state index contributed by atoms with van der Waals surface area (Å²) in [5.41, 5.74) is 12.2. The molecule has 1 aliphatic rings. The molecule has 0 spiro atoms. The van der Waals surface area contributed by atoms with Crippen LogP contribution >= 0.6 is 0 Å². The topological polar surface area (TPSA) is 122 Å². The fraction of sp³-hybridized carbons (Fsp3) is 0.143. The first kappa shape index (κ1) is 22.4. The second kappa shape index (κ2) is 8.63. The van der Waals surface area contributed by atoms with Gasteiger partial charge in [0.15, 0.2) is 0 Å². The van der Waals surface area contributed by atoms with Crippen molar-refractivity contribution in [3.05, 3.63) is 72.9 Å². The number of aromatic nitrogens is 6. The lowest BCUT2D eigenvalue weighted by atomic mass is 10.0. The van der Waals surface area contributed by atoms with Crippen LogP contribution in [-0.4, -0.2) is 56.4 Å². The number of halogens is 1. The van der Waals surface area contributed by atoms with Crippen LogP contribution in [0.4, 0.5) is 10.2 Å². The van der Waals surface area contributed by atoms with E-state index >= 15 is 0 Å². The van der Waals surface area contributed by atoms with Gasteiger partial charge in [0.1, 0.15) is 28.8 Å². The predicted molar refractivity (Wildman–Crippen MR) is 144 cm³/mol. The number of pyridine rings is 1. The lowest BCUT2D eigenvalue weighted by molar-refractivity contribution is 0.411. The van der Waals surface area contributed by atoms with E-state index in [1.54, 1.807) is 18.6 Å². The molecule has 4 aromatic heterocycles. The van der Waals surface area contributed by atoms with Crippen LogP contribution in [0.25, 0.3) is 55.7 Å². The third kappa shape index (κ3) is 3.73. The molecule has 0 radical (unpaired) electrons. The van der Waals surface area contributed by atoms with Crippen LogP contribution in [0.5, 0.6) is 5.75 Å². The van der Waals surface area contributed by atoms with Gasteiger partial charge >= 0.3 is 0 Å². The lowest BCUT2D eigenvalue weighted by Crippen LogP contribution is -2.56. The van der Waals surface area contributed by atoms with Gasteiger partial charge in [-0.1, -0.05) is 12.1 Å². The van der Waals surface area contributed by atoms with E-state index in [0.29, 0.717) is 17.1 Å². The maximum absolute atomic E-state index is 14.3. The van der Waals surface area contributed by atoms with E-state index in [2.05, 4.69) is 30.0 Å². The van der Waals surface area contributed by atoms with Gasteiger partial charge < -0.3 is 20.4 Å². The van der Waals surface area contributed by atoms with Crippen molar-refractivity contribution in [2.75, 3.05) is 25.1 Å². The van der Waals surface area contributed by atoms with Crippen LogP contribution in [-0.2, 0) is 0 Å². The van der Waals surface area contributed by atoms with E-state index in [-0.39, 0.29) is 11.9 Å². The molecule has 2 aromatic carbocycles. The van der Waals surface area contributed by atoms with Crippen molar-refractivity contribution in [2.45, 2.75) is 6.04 Å². The second-order valence-corrected chi connectivity index (χ2v) is 9.44. The van der Waals surface area contributed by atoms with Gasteiger partial charge in [0.25, 0.3) is 0 Å². The Morgan fingerprint density at radius 1 is 1.00 bits per heavy atom. The average molecular weight is 507 g/mol. The summed E-state index contributed by atoms with van der Waals surface area (Å²) < 4.78 is 19.5. The zero-order valence-corrected chi connectivity index (χ0v) is 20.4. The van der Waals surface area contributed by atoms with Gasteiger partial charge in [0.05, 0.1) is 42.6 Å². The molecule has 1 aliphatic heterocycles. The van der Waals surface area contributed by atoms with Gasteiger partial charge in [-0.15, -0.1) is 0 Å². The number of anilines is 1. The van der Waals surface area contributed by atoms with Crippen molar-refractivity contribution in [1.82, 2.24) is 30.1 Å². The Balaban J connectivity index is 1.30. The smallest absolute Gasteiger partial charge is 0.147 e. The number of hydrogen-bond donors (Lipinski definition) is 3. The summed E-state index contributed by atoms with van der Waals surface area (Å²) in [6.45, 7) is 1.53. The lowest BCUT2D eigenvalue weighted by Gasteiger charge is -2.37. The first-order valence-corrected chi connectivity index (χ1v) is 12.2. The Morgan fingerprint density at radius 2 is 1.89 bits per heavy atom. The zero-order valence-electron chi connectivity index (χ0n) is 20.4. The summed E-state index contributed by atoms with van der Waals surface area (Å²) in [5.74, 6) is 0.903. The van der Waals surface area contributed by atoms with E-state index in [4.69, 9.17) is 15.5 Å². The zero-order chi connectivity index (χ0) is 25.8. The first-order valence-electron chi connectivity index (χ1n) is 12.2. The number of H-pyrrole nitrogens is 2. The maximum Gasteiger partial charge on any atom is 0.147 e. The molecule has 10 heteroatoms. The van der Waals surface area contributed by atoms with Crippen LogP contribution in [0.3, 0.4) is 0 Å². The molecule has 1 fully saturated rings. The molecule has 188 valence electrons. The molecule has 6 aromatic rings. The third-order valence-corrected chi connectivity index (χ3v) is 6.90. The van der Waals surface area contributed by atoms with Crippen molar-refractivity contribution in [3.63, 3.8) is 0 Å². The minimum atomic E-state index is -0.352. The van der Waals surface area contributed by atoms with Crippen LogP contribution in [0.1, 0.15) is 0 Å². The Bertz CT molecular complexity index is 1820. The fourth-order valence-corrected chi connectivity index (χ4v) is 4.96. The van der Waals surface area contributed by atoms with Gasteiger partial charge in [0.2, 0.25) is 0 Å². The number of aromatic amines is 2. The quantitative estimate of drug-likeness (QED) is 0.314. The van der Waals surface area contributed by atoms with Crippen LogP contribution in [0.2, 0.25) is 0 Å². The van der Waals surface area contributed by atoms with Crippen LogP contribution in [0, 0.1) is 5.82 Å². The number of ether oxygens (including phenoxy) is 1. The highest BCUT2D eigenvalue weighted by atomic mass is 19.1. The monoisotopic (exact) mass is 506 g/mol. The van der Waals surface area contributed by atoms with Crippen LogP contribution < -0.4 is 15.4 Å². The number of methoxy groups -OCH3 is 1. The number of nitrogens with two attached hydrogens (primary N) is 1. The largest absolute Gasteiger partial charge is 0.497 e. The van der Waals surface area contributed by atoms with Crippen molar-refractivity contribution in [3.8, 4) is 39.7 Å². The van der Waals surface area contributed by atoms with Crippen molar-refractivity contribution < 1.29 is 9.13 Å². The van der Waals surface area contributed by atoms with Gasteiger partial charge in [-0.05, 0) is 41.5 Å². The Labute approximate surface area is 216 Å². The minimum absolute atomic E-state index is 0.170. The predicted octanol–water partition coefficient (Wildman–Crippen LogP) is 4.53. The normalized spacial score (nSPS) is 13.8. The molecule has 0 amide bonds. The molecule has 1 saturated heterocycles. The minimum Gasteiger partial charge on any atom is -0.497 e. The van der Waals surface area contributed by atoms with Gasteiger partial charge in [0, 0.05) is 41.5 Å². The molecule has 0 aliphatic carbocycles. The number of nitrogens with one attached hydrogen (secondary N) is 2. The van der Waals surface area contributed by atoms with Gasteiger partial charge in [-0.25, -0.2) is 9.37 Å². The molecular weight excluding hydrogens is 483 g/mol. The van der Waals surface area contributed by atoms with E-state index in [1.165, 1.54) is 19.2 Å². The van der Waals surface area contributed by atoms with Gasteiger partial charge in [-0.3, -0.25) is 15.1 Å². The first-order chi connectivity index (χ1) is 18.6. The van der Waals surface area contributed by atoms with Crippen LogP contribution in [0.15, 0.2) is 67.1 Å². The average Bonchev–Trinajstić information content (AvgIpc) is 3.54. The number of benzene rings is 2. The number of hydrogen-bond acceptors (Lipinski definition) is 7. The van der Waals surface area contributed by atoms with E-state index in [1.807, 2.05) is 36.4 Å². The summed E-state index contributed by atoms with van der Waals surface area (Å²) in [6, 6.07) is 14.8. The van der Waals surface area contributed by atoms with Gasteiger partial charge in [-0.2, -0.15) is 5.10 Å². The molecule has 0 atom stereocenters. The number of fused-ring (bicyclic) bond motifs is 2. The summed E-state index contributed by atoms with van der Waals surface area (Å²) in [7, 11) is 1.53. The van der Waals surface area contributed by atoms with E-state index < -0.39 is 0 Å². The van der Waals surface area contributed by atoms with E-state index in [0.717, 1.165) is 63.2 Å².